The molecule has 1 aromatic carbocycles. The van der Waals surface area contributed by atoms with Crippen molar-refractivity contribution in [2.75, 3.05) is 13.7 Å². The van der Waals surface area contributed by atoms with Crippen molar-refractivity contribution in [1.29, 1.82) is 5.41 Å². The molecule has 1 rings (SSSR count). The lowest BCUT2D eigenvalue weighted by Gasteiger charge is -2.09. The quantitative estimate of drug-likeness (QED) is 0.661. The third kappa shape index (κ3) is 4.99. The summed E-state index contributed by atoms with van der Waals surface area (Å²) in [6.07, 6.45) is 0. The molecule has 0 heterocycles. The standard InChI is InChI=1S/C12H15NO3.C2H6/c1-8-6-10(9(2)13)4-5-11(8)16-7-12(14)15-3;1-2/h4-6,13H,7H2,1-3H3;1-2H3. The van der Waals surface area contributed by atoms with Gasteiger partial charge in [0.15, 0.2) is 6.61 Å². The van der Waals surface area contributed by atoms with Crippen LogP contribution >= 0.6 is 0 Å². The molecule has 0 fully saturated rings. The van der Waals surface area contributed by atoms with E-state index in [0.717, 1.165) is 11.1 Å². The first kappa shape index (κ1) is 16.2. The van der Waals surface area contributed by atoms with Gasteiger partial charge in [-0.3, -0.25) is 0 Å². The summed E-state index contributed by atoms with van der Waals surface area (Å²) in [5.41, 5.74) is 2.25. The Labute approximate surface area is 108 Å². The number of aryl methyl sites for hydroxylation is 1. The van der Waals surface area contributed by atoms with E-state index in [1.54, 1.807) is 19.1 Å². The number of benzene rings is 1. The summed E-state index contributed by atoms with van der Waals surface area (Å²) in [4.78, 5) is 10.9. The van der Waals surface area contributed by atoms with Crippen molar-refractivity contribution in [3.05, 3.63) is 29.3 Å². The Morgan fingerprint density at radius 2 is 1.94 bits per heavy atom. The van der Waals surface area contributed by atoms with Gasteiger partial charge in [-0.05, 0) is 43.2 Å². The van der Waals surface area contributed by atoms with Crippen LogP contribution in [0.3, 0.4) is 0 Å². The second kappa shape index (κ2) is 8.28. The molecular weight excluding hydrogens is 230 g/mol. The molecule has 0 aliphatic heterocycles. The summed E-state index contributed by atoms with van der Waals surface area (Å²) < 4.78 is 9.75. The minimum Gasteiger partial charge on any atom is -0.482 e. The zero-order valence-corrected chi connectivity index (χ0v) is 11.7. The number of nitrogens with one attached hydrogen (secondary N) is 1. The maximum atomic E-state index is 10.9. The van der Waals surface area contributed by atoms with Gasteiger partial charge in [0.05, 0.1) is 7.11 Å². The Bertz CT molecular complexity index is 414. The van der Waals surface area contributed by atoms with E-state index >= 15 is 0 Å². The fraction of sp³-hybridized carbons (Fsp3) is 0.429. The predicted molar refractivity (Wildman–Crippen MR) is 72.5 cm³/mol. The van der Waals surface area contributed by atoms with E-state index in [1.165, 1.54) is 7.11 Å². The number of ether oxygens (including phenoxy) is 2. The van der Waals surface area contributed by atoms with Gasteiger partial charge in [-0.25, -0.2) is 4.79 Å². The largest absolute Gasteiger partial charge is 0.482 e. The molecule has 1 N–H and O–H groups in total. The smallest absolute Gasteiger partial charge is 0.343 e. The van der Waals surface area contributed by atoms with Crippen molar-refractivity contribution in [2.45, 2.75) is 27.7 Å². The number of rotatable bonds is 4. The number of esters is 1. The van der Waals surface area contributed by atoms with Crippen LogP contribution in [0.4, 0.5) is 0 Å². The van der Waals surface area contributed by atoms with E-state index in [-0.39, 0.29) is 6.61 Å². The molecule has 18 heavy (non-hydrogen) atoms. The second-order valence-corrected chi connectivity index (χ2v) is 3.47. The van der Waals surface area contributed by atoms with Gasteiger partial charge >= 0.3 is 5.97 Å². The molecular formula is C14H21NO3. The maximum absolute atomic E-state index is 10.9. The molecule has 0 saturated heterocycles. The van der Waals surface area contributed by atoms with E-state index in [1.807, 2.05) is 26.8 Å². The molecule has 0 spiro atoms. The number of carbonyl (C=O) groups excluding carboxylic acids is 1. The highest BCUT2D eigenvalue weighted by Gasteiger charge is 2.05. The van der Waals surface area contributed by atoms with Crippen LogP contribution in [0.1, 0.15) is 31.9 Å². The van der Waals surface area contributed by atoms with Gasteiger partial charge in [0.2, 0.25) is 0 Å². The third-order valence-corrected chi connectivity index (χ3v) is 2.18. The molecule has 0 radical (unpaired) electrons. The Hall–Kier alpha value is -1.84. The fourth-order valence-corrected chi connectivity index (χ4v) is 1.24. The Morgan fingerprint density at radius 1 is 1.33 bits per heavy atom. The molecule has 100 valence electrons. The molecule has 0 aromatic heterocycles. The van der Waals surface area contributed by atoms with Crippen LogP contribution in [0.15, 0.2) is 18.2 Å². The van der Waals surface area contributed by atoms with Crippen molar-refractivity contribution in [3.8, 4) is 5.75 Å². The average molecular weight is 251 g/mol. The Kier molecular flexibility index (Phi) is 7.43. The highest BCUT2D eigenvalue weighted by molar-refractivity contribution is 5.96. The molecule has 0 saturated carbocycles. The minimum atomic E-state index is -0.410. The SMILES string of the molecule is CC.COC(=O)COc1ccc(C(C)=N)cc1C. The first-order valence-corrected chi connectivity index (χ1v) is 5.90. The van der Waals surface area contributed by atoms with E-state index < -0.39 is 5.97 Å². The molecule has 4 heteroatoms. The van der Waals surface area contributed by atoms with Crippen molar-refractivity contribution in [1.82, 2.24) is 0 Å². The summed E-state index contributed by atoms with van der Waals surface area (Å²) in [5, 5.41) is 7.49. The molecule has 0 unspecified atom stereocenters. The van der Waals surface area contributed by atoms with Crippen LogP contribution in [0.5, 0.6) is 5.75 Å². The van der Waals surface area contributed by atoms with Crippen molar-refractivity contribution in [3.63, 3.8) is 0 Å². The number of methoxy groups -OCH3 is 1. The van der Waals surface area contributed by atoms with Crippen molar-refractivity contribution in [2.24, 2.45) is 0 Å². The van der Waals surface area contributed by atoms with Crippen LogP contribution in [0.25, 0.3) is 0 Å². The van der Waals surface area contributed by atoms with Crippen LogP contribution in [0, 0.1) is 12.3 Å². The first-order chi connectivity index (χ1) is 8.54. The zero-order valence-electron chi connectivity index (χ0n) is 11.7. The van der Waals surface area contributed by atoms with Gasteiger partial charge in [0, 0.05) is 5.71 Å². The third-order valence-electron chi connectivity index (χ3n) is 2.18. The van der Waals surface area contributed by atoms with Gasteiger partial charge in [0.1, 0.15) is 5.75 Å². The zero-order chi connectivity index (χ0) is 14.1. The van der Waals surface area contributed by atoms with Crippen LogP contribution in [-0.2, 0) is 9.53 Å². The molecule has 4 nitrogen and oxygen atoms in total. The molecule has 0 aliphatic rings. The number of carbonyl (C=O) groups is 1. The van der Waals surface area contributed by atoms with Crippen LogP contribution < -0.4 is 4.74 Å². The van der Waals surface area contributed by atoms with Gasteiger partial charge in [-0.1, -0.05) is 13.8 Å². The lowest BCUT2D eigenvalue weighted by Crippen LogP contribution is -2.13. The highest BCUT2D eigenvalue weighted by atomic mass is 16.6. The predicted octanol–water partition coefficient (Wildman–Crippen LogP) is 2.96. The summed E-state index contributed by atoms with van der Waals surface area (Å²) in [5.74, 6) is 0.224. The number of hydrogen-bond acceptors (Lipinski definition) is 4. The molecule has 0 amide bonds. The molecule has 0 bridgehead atoms. The van der Waals surface area contributed by atoms with E-state index in [4.69, 9.17) is 10.1 Å². The maximum Gasteiger partial charge on any atom is 0.343 e. The topological polar surface area (TPSA) is 59.4 Å². The summed E-state index contributed by atoms with van der Waals surface area (Å²) >= 11 is 0. The lowest BCUT2D eigenvalue weighted by atomic mass is 10.1. The molecule has 1 aromatic rings. The normalized spacial score (nSPS) is 8.94. The molecule has 0 aliphatic carbocycles. The monoisotopic (exact) mass is 251 g/mol. The van der Waals surface area contributed by atoms with Gasteiger partial charge in [-0.2, -0.15) is 0 Å². The Balaban J connectivity index is 0.00000137. The lowest BCUT2D eigenvalue weighted by molar-refractivity contribution is -0.142. The van der Waals surface area contributed by atoms with E-state index in [2.05, 4.69) is 4.74 Å². The van der Waals surface area contributed by atoms with E-state index in [0.29, 0.717) is 11.5 Å². The Morgan fingerprint density at radius 3 is 2.39 bits per heavy atom. The van der Waals surface area contributed by atoms with E-state index in [9.17, 15) is 4.79 Å². The average Bonchev–Trinajstić information content (AvgIpc) is 2.39. The summed E-state index contributed by atoms with van der Waals surface area (Å²) in [6.45, 7) is 7.50. The number of hydrogen-bond donors (Lipinski definition) is 1. The summed E-state index contributed by atoms with van der Waals surface area (Å²) in [7, 11) is 1.32. The highest BCUT2D eigenvalue weighted by Crippen LogP contribution is 2.19. The summed E-state index contributed by atoms with van der Waals surface area (Å²) in [6, 6.07) is 5.41. The molecule has 0 atom stereocenters. The van der Waals surface area contributed by atoms with Crippen LogP contribution in [0.2, 0.25) is 0 Å². The van der Waals surface area contributed by atoms with Gasteiger partial charge < -0.3 is 14.9 Å². The van der Waals surface area contributed by atoms with Gasteiger partial charge in [0.25, 0.3) is 0 Å². The fourth-order valence-electron chi connectivity index (χ4n) is 1.24. The van der Waals surface area contributed by atoms with Gasteiger partial charge in [-0.15, -0.1) is 0 Å². The van der Waals surface area contributed by atoms with Crippen LogP contribution in [-0.4, -0.2) is 25.4 Å². The van der Waals surface area contributed by atoms with Crippen molar-refractivity contribution < 1.29 is 14.3 Å². The van der Waals surface area contributed by atoms with Crippen molar-refractivity contribution >= 4 is 11.7 Å². The second-order valence-electron chi connectivity index (χ2n) is 3.47. The minimum absolute atomic E-state index is 0.0970. The first-order valence-electron chi connectivity index (χ1n) is 5.90.